The van der Waals surface area contributed by atoms with Crippen molar-refractivity contribution in [3.05, 3.63) is 58.3 Å². The summed E-state index contributed by atoms with van der Waals surface area (Å²) in [6, 6.07) is 9.69. The normalized spacial score (nSPS) is 11.2. The number of nitrogens with zero attached hydrogens (tertiary/aromatic N) is 2. The molecule has 0 amide bonds. The van der Waals surface area contributed by atoms with Gasteiger partial charge in [-0.25, -0.2) is 13.8 Å². The van der Waals surface area contributed by atoms with E-state index in [1.54, 1.807) is 18.2 Å². The molecule has 0 atom stereocenters. The molecule has 6 heteroatoms. The molecule has 0 aliphatic heterocycles. The van der Waals surface area contributed by atoms with Gasteiger partial charge in [-0.05, 0) is 24.3 Å². The Hall–Kier alpha value is -1.46. The molecule has 3 rings (SSSR count). The van der Waals surface area contributed by atoms with E-state index < -0.39 is 11.6 Å². The van der Waals surface area contributed by atoms with Crippen LogP contribution >= 0.6 is 27.5 Å². The molecule has 1 heterocycles. The minimum absolute atomic E-state index is 0.132. The van der Waals surface area contributed by atoms with Crippen LogP contribution in [0.4, 0.5) is 8.78 Å². The van der Waals surface area contributed by atoms with Crippen molar-refractivity contribution in [2.75, 3.05) is 5.88 Å². The van der Waals surface area contributed by atoms with Gasteiger partial charge in [0, 0.05) is 16.8 Å². The second-order valence-electron chi connectivity index (χ2n) is 4.51. The molecule has 0 radical (unpaired) electrons. The lowest BCUT2D eigenvalue weighted by atomic mass is 10.2. The molecule has 0 unspecified atom stereocenters. The summed E-state index contributed by atoms with van der Waals surface area (Å²) < 4.78 is 30.4. The van der Waals surface area contributed by atoms with Crippen molar-refractivity contribution >= 4 is 38.6 Å². The van der Waals surface area contributed by atoms with Crippen molar-refractivity contribution < 1.29 is 8.78 Å². The molecule has 0 saturated heterocycles. The number of aromatic nitrogens is 2. The summed E-state index contributed by atoms with van der Waals surface area (Å²) >= 11 is 8.86. The molecular formula is C15H10BrClF2N2. The third-order valence-electron chi connectivity index (χ3n) is 3.15. The molecule has 0 saturated carbocycles. The predicted octanol–water partition coefficient (Wildman–Crippen LogP) is 4.85. The van der Waals surface area contributed by atoms with Gasteiger partial charge in [-0.1, -0.05) is 28.1 Å². The van der Waals surface area contributed by atoms with E-state index >= 15 is 0 Å². The van der Waals surface area contributed by atoms with E-state index in [1.807, 2.05) is 6.07 Å². The van der Waals surface area contributed by atoms with Gasteiger partial charge in [0.2, 0.25) is 0 Å². The van der Waals surface area contributed by atoms with Crippen molar-refractivity contribution in [2.45, 2.75) is 6.42 Å². The summed E-state index contributed by atoms with van der Waals surface area (Å²) in [5.74, 6) is -0.448. The van der Waals surface area contributed by atoms with Gasteiger partial charge < -0.3 is 0 Å². The maximum atomic E-state index is 14.3. The highest BCUT2D eigenvalue weighted by molar-refractivity contribution is 9.10. The lowest BCUT2D eigenvalue weighted by molar-refractivity contribution is 0.566. The van der Waals surface area contributed by atoms with Gasteiger partial charge in [0.15, 0.2) is 11.6 Å². The fourth-order valence-corrected chi connectivity index (χ4v) is 2.90. The topological polar surface area (TPSA) is 17.8 Å². The smallest absolute Gasteiger partial charge is 0.151 e. The first-order valence-corrected chi connectivity index (χ1v) is 7.62. The minimum atomic E-state index is -0.652. The standard InChI is InChI=1S/C15H10BrClF2N2/c16-9-7-10(18)15(11(19)8-9)21-13-4-2-1-3-12(13)20-14(21)5-6-17/h1-4,7-8H,5-6H2. The maximum Gasteiger partial charge on any atom is 0.151 e. The van der Waals surface area contributed by atoms with Crippen LogP contribution in [0.15, 0.2) is 40.9 Å². The molecular weight excluding hydrogens is 362 g/mol. The van der Waals surface area contributed by atoms with Crippen molar-refractivity contribution in [1.82, 2.24) is 9.55 Å². The Kier molecular flexibility index (Phi) is 3.95. The number of halogens is 4. The molecule has 0 bridgehead atoms. The van der Waals surface area contributed by atoms with E-state index in [-0.39, 0.29) is 5.69 Å². The van der Waals surface area contributed by atoms with Crippen LogP contribution in [0.5, 0.6) is 0 Å². The highest BCUT2D eigenvalue weighted by atomic mass is 79.9. The minimum Gasteiger partial charge on any atom is -0.291 e. The predicted molar refractivity (Wildman–Crippen MR) is 83.1 cm³/mol. The van der Waals surface area contributed by atoms with E-state index in [2.05, 4.69) is 20.9 Å². The zero-order chi connectivity index (χ0) is 15.0. The third-order valence-corrected chi connectivity index (χ3v) is 3.80. The van der Waals surface area contributed by atoms with Gasteiger partial charge in [-0.3, -0.25) is 4.57 Å². The molecule has 0 aliphatic carbocycles. The number of imidazole rings is 1. The molecule has 1 aromatic heterocycles. The number of benzene rings is 2. The SMILES string of the molecule is Fc1cc(Br)cc(F)c1-n1c(CCCl)nc2ccccc21. The van der Waals surface area contributed by atoms with E-state index in [0.717, 1.165) is 0 Å². The van der Waals surface area contributed by atoms with Gasteiger partial charge in [0.1, 0.15) is 11.5 Å². The van der Waals surface area contributed by atoms with Crippen molar-refractivity contribution in [3.63, 3.8) is 0 Å². The number of rotatable bonds is 3. The van der Waals surface area contributed by atoms with Crippen LogP contribution in [0.3, 0.4) is 0 Å². The summed E-state index contributed by atoms with van der Waals surface area (Å²) in [5.41, 5.74) is 1.20. The van der Waals surface area contributed by atoms with Crippen LogP contribution in [-0.2, 0) is 6.42 Å². The Morgan fingerprint density at radius 3 is 2.48 bits per heavy atom. The first-order chi connectivity index (χ1) is 10.1. The molecule has 0 N–H and O–H groups in total. The highest BCUT2D eigenvalue weighted by Crippen LogP contribution is 2.28. The average Bonchev–Trinajstić information content (AvgIpc) is 2.77. The van der Waals surface area contributed by atoms with Crippen LogP contribution < -0.4 is 0 Å². The zero-order valence-corrected chi connectivity index (χ0v) is 13.1. The molecule has 0 fully saturated rings. The summed E-state index contributed by atoms with van der Waals surface area (Å²) in [6.45, 7) is 0. The van der Waals surface area contributed by atoms with Crippen molar-refractivity contribution in [3.8, 4) is 5.69 Å². The van der Waals surface area contributed by atoms with Gasteiger partial charge in [0.25, 0.3) is 0 Å². The van der Waals surface area contributed by atoms with Crippen LogP contribution in [-0.4, -0.2) is 15.4 Å². The zero-order valence-electron chi connectivity index (χ0n) is 10.8. The van der Waals surface area contributed by atoms with Gasteiger partial charge in [-0.2, -0.15) is 0 Å². The maximum absolute atomic E-state index is 14.3. The molecule has 2 aromatic carbocycles. The fourth-order valence-electron chi connectivity index (χ4n) is 2.33. The van der Waals surface area contributed by atoms with E-state index in [1.165, 1.54) is 16.7 Å². The van der Waals surface area contributed by atoms with Crippen LogP contribution in [0, 0.1) is 11.6 Å². The van der Waals surface area contributed by atoms with Crippen molar-refractivity contribution in [1.29, 1.82) is 0 Å². The summed E-state index contributed by atoms with van der Waals surface area (Å²) in [5, 5.41) is 0. The molecule has 108 valence electrons. The Balaban J connectivity index is 2.36. The second-order valence-corrected chi connectivity index (χ2v) is 5.80. The number of aryl methyl sites for hydroxylation is 1. The third kappa shape index (κ3) is 2.56. The van der Waals surface area contributed by atoms with Crippen LogP contribution in [0.2, 0.25) is 0 Å². The second kappa shape index (κ2) is 5.73. The highest BCUT2D eigenvalue weighted by Gasteiger charge is 2.19. The van der Waals surface area contributed by atoms with Gasteiger partial charge >= 0.3 is 0 Å². The molecule has 0 spiro atoms. The Labute approximate surface area is 133 Å². The lowest BCUT2D eigenvalue weighted by Crippen LogP contribution is -2.07. The average molecular weight is 372 g/mol. The first kappa shape index (κ1) is 14.5. The Morgan fingerprint density at radius 2 is 1.81 bits per heavy atom. The molecule has 0 aliphatic rings. The largest absolute Gasteiger partial charge is 0.291 e. The van der Waals surface area contributed by atoms with Crippen molar-refractivity contribution in [2.24, 2.45) is 0 Å². The van der Waals surface area contributed by atoms with Crippen LogP contribution in [0.25, 0.3) is 16.7 Å². The Morgan fingerprint density at radius 1 is 1.14 bits per heavy atom. The number of alkyl halides is 1. The summed E-state index contributed by atoms with van der Waals surface area (Å²) in [6.07, 6.45) is 0.422. The Bertz CT molecular complexity index is 794. The first-order valence-electron chi connectivity index (χ1n) is 6.29. The number of para-hydroxylation sites is 2. The van der Waals surface area contributed by atoms with E-state index in [4.69, 9.17) is 11.6 Å². The van der Waals surface area contributed by atoms with Gasteiger partial charge in [0.05, 0.1) is 11.0 Å². The molecule has 3 aromatic rings. The number of hydrogen-bond acceptors (Lipinski definition) is 1. The fraction of sp³-hybridized carbons (Fsp3) is 0.133. The van der Waals surface area contributed by atoms with Gasteiger partial charge in [-0.15, -0.1) is 11.6 Å². The molecule has 2 nitrogen and oxygen atoms in total. The van der Waals surface area contributed by atoms with Crippen LogP contribution in [0.1, 0.15) is 5.82 Å². The molecule has 21 heavy (non-hydrogen) atoms. The number of hydrogen-bond donors (Lipinski definition) is 0. The summed E-state index contributed by atoms with van der Waals surface area (Å²) in [7, 11) is 0. The quantitative estimate of drug-likeness (QED) is 0.602. The monoisotopic (exact) mass is 370 g/mol. The summed E-state index contributed by atoms with van der Waals surface area (Å²) in [4.78, 5) is 4.42. The van der Waals surface area contributed by atoms with E-state index in [9.17, 15) is 8.78 Å². The lowest BCUT2D eigenvalue weighted by Gasteiger charge is -2.11. The number of fused-ring (bicyclic) bond motifs is 1. The van der Waals surface area contributed by atoms with E-state index in [0.29, 0.717) is 33.6 Å².